The molecule has 26 heavy (non-hydrogen) atoms. The van der Waals surface area contributed by atoms with E-state index < -0.39 is 0 Å². The van der Waals surface area contributed by atoms with E-state index in [-0.39, 0.29) is 18.6 Å². The molecule has 2 aromatic rings. The fourth-order valence-electron chi connectivity index (χ4n) is 2.76. The van der Waals surface area contributed by atoms with Gasteiger partial charge in [-0.1, -0.05) is 23.2 Å². The predicted molar refractivity (Wildman–Crippen MR) is 102 cm³/mol. The summed E-state index contributed by atoms with van der Waals surface area (Å²) in [5.74, 6) is 1.48. The second-order valence-corrected chi connectivity index (χ2v) is 6.84. The molecule has 1 unspecified atom stereocenters. The SMILES string of the molecule is CCOc1cc2c(cc1NC(=O)COc1cc(Cl)cc(Cl)c1)OC(C)C2. The van der Waals surface area contributed by atoms with E-state index in [9.17, 15) is 4.79 Å². The minimum atomic E-state index is -0.326. The minimum Gasteiger partial charge on any atom is -0.492 e. The van der Waals surface area contributed by atoms with Crippen LogP contribution in [0.25, 0.3) is 0 Å². The van der Waals surface area contributed by atoms with Crippen molar-refractivity contribution in [2.45, 2.75) is 26.4 Å². The zero-order valence-corrected chi connectivity index (χ0v) is 16.0. The summed E-state index contributed by atoms with van der Waals surface area (Å²) < 4.78 is 16.9. The van der Waals surface area contributed by atoms with Crippen LogP contribution in [-0.4, -0.2) is 25.2 Å². The zero-order chi connectivity index (χ0) is 18.7. The first kappa shape index (κ1) is 18.7. The molecule has 0 aromatic heterocycles. The molecule has 1 aliphatic rings. The molecule has 1 aliphatic heterocycles. The molecule has 3 rings (SSSR count). The van der Waals surface area contributed by atoms with Gasteiger partial charge in [0.1, 0.15) is 23.4 Å². The van der Waals surface area contributed by atoms with E-state index in [1.54, 1.807) is 24.3 Å². The molecular formula is C19H19Cl2NO4. The second kappa shape index (κ2) is 8.06. The van der Waals surface area contributed by atoms with E-state index in [1.807, 2.05) is 19.9 Å². The highest BCUT2D eigenvalue weighted by molar-refractivity contribution is 6.34. The van der Waals surface area contributed by atoms with Gasteiger partial charge in [-0.05, 0) is 38.1 Å². The smallest absolute Gasteiger partial charge is 0.262 e. The van der Waals surface area contributed by atoms with Crippen LogP contribution in [0, 0.1) is 0 Å². The van der Waals surface area contributed by atoms with Gasteiger partial charge in [-0.2, -0.15) is 0 Å². The van der Waals surface area contributed by atoms with Gasteiger partial charge in [0, 0.05) is 28.1 Å². The van der Waals surface area contributed by atoms with Gasteiger partial charge in [-0.3, -0.25) is 4.79 Å². The number of anilines is 1. The average Bonchev–Trinajstić information content (AvgIpc) is 2.91. The summed E-state index contributed by atoms with van der Waals surface area (Å²) >= 11 is 11.8. The molecule has 0 fully saturated rings. The Hall–Kier alpha value is -2.11. The molecule has 5 nitrogen and oxygen atoms in total. The Labute approximate surface area is 162 Å². The molecule has 1 heterocycles. The summed E-state index contributed by atoms with van der Waals surface area (Å²) in [5.41, 5.74) is 1.63. The number of hydrogen-bond donors (Lipinski definition) is 1. The largest absolute Gasteiger partial charge is 0.492 e. The van der Waals surface area contributed by atoms with Crippen LogP contribution in [0.4, 0.5) is 5.69 Å². The molecule has 0 radical (unpaired) electrons. The first-order chi connectivity index (χ1) is 12.4. The van der Waals surface area contributed by atoms with Crippen molar-refractivity contribution < 1.29 is 19.0 Å². The first-order valence-corrected chi connectivity index (χ1v) is 9.05. The molecule has 0 spiro atoms. The van der Waals surface area contributed by atoms with Crippen molar-refractivity contribution in [3.8, 4) is 17.2 Å². The lowest BCUT2D eigenvalue weighted by molar-refractivity contribution is -0.118. The number of carbonyl (C=O) groups excluding carboxylic acids is 1. The summed E-state index contributed by atoms with van der Waals surface area (Å²) in [4.78, 5) is 12.3. The number of ether oxygens (including phenoxy) is 3. The molecule has 0 saturated heterocycles. The standard InChI is InChI=1S/C19H19Cl2NO4/c1-3-24-18-5-12-4-11(2)26-17(12)9-16(18)22-19(23)10-25-15-7-13(20)6-14(21)8-15/h5-9,11H,3-4,10H2,1-2H3,(H,22,23). The summed E-state index contributed by atoms with van der Waals surface area (Å²) in [6.07, 6.45) is 0.934. The lowest BCUT2D eigenvalue weighted by Gasteiger charge is -2.14. The van der Waals surface area contributed by atoms with Gasteiger partial charge in [-0.15, -0.1) is 0 Å². The second-order valence-electron chi connectivity index (χ2n) is 5.96. The number of halogens is 2. The van der Waals surface area contributed by atoms with Crippen LogP contribution >= 0.6 is 23.2 Å². The fraction of sp³-hybridized carbons (Fsp3) is 0.316. The van der Waals surface area contributed by atoms with Crippen LogP contribution < -0.4 is 19.5 Å². The maximum Gasteiger partial charge on any atom is 0.262 e. The van der Waals surface area contributed by atoms with Crippen LogP contribution in [0.3, 0.4) is 0 Å². The third-order valence-corrected chi connectivity index (χ3v) is 4.21. The minimum absolute atomic E-state index is 0.112. The fourth-order valence-corrected chi connectivity index (χ4v) is 3.27. The summed E-state index contributed by atoms with van der Waals surface area (Å²) in [7, 11) is 0. The summed E-state index contributed by atoms with van der Waals surface area (Å²) in [6.45, 7) is 4.21. The molecule has 0 saturated carbocycles. The number of benzene rings is 2. The van der Waals surface area contributed by atoms with Gasteiger partial charge in [0.05, 0.1) is 12.3 Å². The molecule has 0 bridgehead atoms. The molecule has 138 valence electrons. The summed E-state index contributed by atoms with van der Waals surface area (Å²) in [6, 6.07) is 8.48. The van der Waals surface area contributed by atoms with Crippen molar-refractivity contribution in [1.29, 1.82) is 0 Å². The van der Waals surface area contributed by atoms with Crippen LogP contribution in [-0.2, 0) is 11.2 Å². The third kappa shape index (κ3) is 4.54. The highest BCUT2D eigenvalue weighted by Crippen LogP contribution is 2.38. The molecule has 1 amide bonds. The number of fused-ring (bicyclic) bond motifs is 1. The third-order valence-electron chi connectivity index (χ3n) is 3.78. The van der Waals surface area contributed by atoms with Crippen molar-refractivity contribution >= 4 is 34.8 Å². The van der Waals surface area contributed by atoms with E-state index in [4.69, 9.17) is 37.4 Å². The molecule has 1 atom stereocenters. The number of nitrogens with one attached hydrogen (secondary N) is 1. The lowest BCUT2D eigenvalue weighted by Crippen LogP contribution is -2.20. The van der Waals surface area contributed by atoms with Crippen LogP contribution in [0.15, 0.2) is 30.3 Å². The van der Waals surface area contributed by atoms with Crippen LogP contribution in [0.1, 0.15) is 19.4 Å². The van der Waals surface area contributed by atoms with Gasteiger partial charge < -0.3 is 19.5 Å². The van der Waals surface area contributed by atoms with Crippen LogP contribution in [0.2, 0.25) is 10.0 Å². The monoisotopic (exact) mass is 395 g/mol. The Bertz CT molecular complexity index is 805. The van der Waals surface area contributed by atoms with Crippen molar-refractivity contribution in [2.24, 2.45) is 0 Å². The van der Waals surface area contributed by atoms with Gasteiger partial charge in [-0.25, -0.2) is 0 Å². The van der Waals surface area contributed by atoms with Crippen molar-refractivity contribution in [3.05, 3.63) is 45.9 Å². The Morgan fingerprint density at radius 2 is 1.92 bits per heavy atom. The molecule has 1 N–H and O–H groups in total. The van der Waals surface area contributed by atoms with E-state index in [2.05, 4.69) is 5.32 Å². The average molecular weight is 396 g/mol. The van der Waals surface area contributed by atoms with Crippen molar-refractivity contribution in [2.75, 3.05) is 18.5 Å². The predicted octanol–water partition coefficient (Wildman–Crippen LogP) is 4.73. The Balaban J connectivity index is 1.69. The van der Waals surface area contributed by atoms with Gasteiger partial charge in [0.2, 0.25) is 0 Å². The normalized spacial score (nSPS) is 15.2. The van der Waals surface area contributed by atoms with Crippen molar-refractivity contribution in [3.63, 3.8) is 0 Å². The highest BCUT2D eigenvalue weighted by Gasteiger charge is 2.22. The lowest BCUT2D eigenvalue weighted by atomic mass is 10.1. The molecular weight excluding hydrogens is 377 g/mol. The quantitative estimate of drug-likeness (QED) is 0.767. The van der Waals surface area contributed by atoms with E-state index in [0.29, 0.717) is 33.8 Å². The van der Waals surface area contributed by atoms with E-state index >= 15 is 0 Å². The number of carbonyl (C=O) groups is 1. The van der Waals surface area contributed by atoms with Crippen LogP contribution in [0.5, 0.6) is 17.2 Å². The maximum absolute atomic E-state index is 12.3. The number of amides is 1. The van der Waals surface area contributed by atoms with Gasteiger partial charge in [0.25, 0.3) is 5.91 Å². The zero-order valence-electron chi connectivity index (χ0n) is 14.5. The molecule has 2 aromatic carbocycles. The first-order valence-electron chi connectivity index (χ1n) is 8.29. The topological polar surface area (TPSA) is 56.8 Å². The molecule has 0 aliphatic carbocycles. The van der Waals surface area contributed by atoms with Gasteiger partial charge >= 0.3 is 0 Å². The number of hydrogen-bond acceptors (Lipinski definition) is 4. The molecule has 7 heteroatoms. The van der Waals surface area contributed by atoms with Gasteiger partial charge in [0.15, 0.2) is 6.61 Å². The number of rotatable bonds is 6. The highest BCUT2D eigenvalue weighted by atomic mass is 35.5. The Kier molecular flexibility index (Phi) is 5.79. The van der Waals surface area contributed by atoms with Crippen molar-refractivity contribution in [1.82, 2.24) is 0 Å². The Morgan fingerprint density at radius 1 is 1.19 bits per heavy atom. The van der Waals surface area contributed by atoms with E-state index in [0.717, 1.165) is 17.7 Å². The maximum atomic E-state index is 12.3. The summed E-state index contributed by atoms with van der Waals surface area (Å²) in [5, 5.41) is 3.69. The Morgan fingerprint density at radius 3 is 2.62 bits per heavy atom. The van der Waals surface area contributed by atoms with E-state index in [1.165, 1.54) is 0 Å².